The van der Waals surface area contributed by atoms with Gasteiger partial charge in [-0.2, -0.15) is 4.39 Å². The molecule has 2 amide bonds. The van der Waals surface area contributed by atoms with Gasteiger partial charge in [-0.05, 0) is 12.1 Å². The first-order valence-corrected chi connectivity index (χ1v) is 5.62. The Kier molecular flexibility index (Phi) is 3.51. The first-order valence-electron chi connectivity index (χ1n) is 5.62. The zero-order chi connectivity index (χ0) is 14.9. The molecular formula is C11H10FN3O5. The van der Waals surface area contributed by atoms with Crippen molar-refractivity contribution in [1.82, 2.24) is 4.90 Å². The summed E-state index contributed by atoms with van der Waals surface area (Å²) in [4.78, 5) is 34.5. The summed E-state index contributed by atoms with van der Waals surface area (Å²) in [6, 6.07) is 3.12. The van der Waals surface area contributed by atoms with E-state index in [0.29, 0.717) is 0 Å². The maximum Gasteiger partial charge on any atom is 0.407 e. The highest BCUT2D eigenvalue weighted by Crippen LogP contribution is 2.25. The van der Waals surface area contributed by atoms with Crippen LogP contribution in [0.1, 0.15) is 0 Å². The monoisotopic (exact) mass is 283 g/mol. The van der Waals surface area contributed by atoms with Gasteiger partial charge in [0.25, 0.3) is 0 Å². The Morgan fingerprint density at radius 2 is 2.10 bits per heavy atom. The molecule has 0 saturated carbocycles. The molecule has 0 radical (unpaired) electrons. The molecule has 20 heavy (non-hydrogen) atoms. The summed E-state index contributed by atoms with van der Waals surface area (Å²) >= 11 is 0. The average Bonchev–Trinajstić information content (AvgIpc) is 2.39. The molecule has 1 heterocycles. The molecule has 0 unspecified atom stereocenters. The zero-order valence-corrected chi connectivity index (χ0v) is 10.2. The molecular weight excluding hydrogens is 273 g/mol. The van der Waals surface area contributed by atoms with Crippen LogP contribution >= 0.6 is 0 Å². The lowest BCUT2D eigenvalue weighted by molar-refractivity contribution is -0.387. The van der Waals surface area contributed by atoms with Gasteiger partial charge in [0.15, 0.2) is 0 Å². The van der Waals surface area contributed by atoms with E-state index >= 15 is 0 Å². The molecule has 106 valence electrons. The molecule has 0 bridgehead atoms. The molecule has 1 fully saturated rings. The summed E-state index contributed by atoms with van der Waals surface area (Å²) in [6.07, 6.45) is -1.21. The van der Waals surface area contributed by atoms with Gasteiger partial charge in [0.2, 0.25) is 11.7 Å². The fraction of sp³-hybridized carbons (Fsp3) is 0.273. The molecule has 1 N–H and O–H groups in total. The summed E-state index contributed by atoms with van der Waals surface area (Å²) in [5.41, 5.74) is -0.552. The molecule has 0 spiro atoms. The van der Waals surface area contributed by atoms with E-state index in [1.807, 2.05) is 0 Å². The van der Waals surface area contributed by atoms with Crippen molar-refractivity contribution >= 4 is 23.4 Å². The normalized spacial score (nSPS) is 15.3. The van der Waals surface area contributed by atoms with Gasteiger partial charge in [0.1, 0.15) is 6.54 Å². The van der Waals surface area contributed by atoms with Gasteiger partial charge in [0, 0.05) is 19.2 Å². The lowest BCUT2D eigenvalue weighted by Crippen LogP contribution is -2.52. The second-order valence-corrected chi connectivity index (χ2v) is 4.14. The number of carbonyl (C=O) groups is 2. The number of nitrogens with zero attached hydrogens (tertiary/aromatic N) is 3. The van der Waals surface area contributed by atoms with Crippen LogP contribution in [-0.4, -0.2) is 46.6 Å². The first kappa shape index (κ1) is 13.7. The minimum Gasteiger partial charge on any atom is -0.465 e. The molecule has 9 heteroatoms. The van der Waals surface area contributed by atoms with Gasteiger partial charge in [-0.25, -0.2) is 4.79 Å². The van der Waals surface area contributed by atoms with E-state index in [2.05, 4.69) is 0 Å². The quantitative estimate of drug-likeness (QED) is 0.645. The summed E-state index contributed by atoms with van der Waals surface area (Å²) in [5.74, 6) is -1.50. The maximum absolute atomic E-state index is 13.2. The van der Waals surface area contributed by atoms with E-state index in [1.165, 1.54) is 11.0 Å². The fourth-order valence-electron chi connectivity index (χ4n) is 1.92. The van der Waals surface area contributed by atoms with Gasteiger partial charge >= 0.3 is 11.8 Å². The number of piperazine rings is 1. The van der Waals surface area contributed by atoms with Crippen molar-refractivity contribution < 1.29 is 24.0 Å². The SMILES string of the molecule is O=C(O)N1CCN(c2ccc(F)c([N+](=O)[O-])c2)C(=O)C1. The predicted octanol–water partition coefficient (Wildman–Crippen LogP) is 1.06. The van der Waals surface area contributed by atoms with Gasteiger partial charge in [-0.15, -0.1) is 0 Å². The van der Waals surface area contributed by atoms with Crippen molar-refractivity contribution in [3.8, 4) is 0 Å². The van der Waals surface area contributed by atoms with Crippen LogP contribution in [0, 0.1) is 15.9 Å². The van der Waals surface area contributed by atoms with Gasteiger partial charge in [0.05, 0.1) is 10.6 Å². The molecule has 1 aliphatic rings. The third kappa shape index (κ3) is 2.51. The number of halogens is 1. The number of hydrogen-bond donors (Lipinski definition) is 1. The van der Waals surface area contributed by atoms with Crippen LogP contribution in [0.5, 0.6) is 0 Å². The van der Waals surface area contributed by atoms with Crippen molar-refractivity contribution in [3.05, 3.63) is 34.1 Å². The summed E-state index contributed by atoms with van der Waals surface area (Å²) < 4.78 is 13.2. The van der Waals surface area contributed by atoms with E-state index in [0.717, 1.165) is 17.0 Å². The van der Waals surface area contributed by atoms with Crippen LogP contribution in [0.3, 0.4) is 0 Å². The molecule has 0 atom stereocenters. The number of amides is 2. The minimum atomic E-state index is -1.21. The van der Waals surface area contributed by atoms with Crippen LogP contribution in [0.25, 0.3) is 0 Å². The first-order chi connectivity index (χ1) is 9.40. The Morgan fingerprint density at radius 3 is 2.65 bits per heavy atom. The van der Waals surface area contributed by atoms with Gasteiger partial charge < -0.3 is 10.0 Å². The van der Waals surface area contributed by atoms with Gasteiger partial charge in [-0.3, -0.25) is 19.8 Å². The Morgan fingerprint density at radius 1 is 1.40 bits per heavy atom. The number of nitro groups is 1. The zero-order valence-electron chi connectivity index (χ0n) is 10.2. The third-order valence-electron chi connectivity index (χ3n) is 2.93. The third-order valence-corrected chi connectivity index (χ3v) is 2.93. The lowest BCUT2D eigenvalue weighted by atomic mass is 10.2. The minimum absolute atomic E-state index is 0.0634. The smallest absolute Gasteiger partial charge is 0.407 e. The summed E-state index contributed by atoms with van der Waals surface area (Å²) in [7, 11) is 0. The Bertz CT molecular complexity index is 591. The molecule has 0 aromatic heterocycles. The number of hydrogen-bond acceptors (Lipinski definition) is 4. The largest absolute Gasteiger partial charge is 0.465 e. The topological polar surface area (TPSA) is 104 Å². The maximum atomic E-state index is 13.2. The van der Waals surface area contributed by atoms with Crippen molar-refractivity contribution in [3.63, 3.8) is 0 Å². The Labute approximate surface area is 112 Å². The van der Waals surface area contributed by atoms with E-state index in [-0.39, 0.29) is 25.3 Å². The second-order valence-electron chi connectivity index (χ2n) is 4.14. The number of anilines is 1. The van der Waals surface area contributed by atoms with Crippen LogP contribution in [0.4, 0.5) is 20.6 Å². The van der Waals surface area contributed by atoms with Crippen LogP contribution < -0.4 is 4.90 Å². The number of nitro benzene ring substituents is 1. The molecule has 8 nitrogen and oxygen atoms in total. The Hall–Kier alpha value is -2.71. The number of rotatable bonds is 2. The highest BCUT2D eigenvalue weighted by molar-refractivity contribution is 5.97. The van der Waals surface area contributed by atoms with Crippen LogP contribution in [0.2, 0.25) is 0 Å². The predicted molar refractivity (Wildman–Crippen MR) is 65.0 cm³/mol. The molecule has 0 aliphatic carbocycles. The highest BCUT2D eigenvalue weighted by atomic mass is 19.1. The highest BCUT2D eigenvalue weighted by Gasteiger charge is 2.29. The second kappa shape index (κ2) is 5.11. The molecule has 1 saturated heterocycles. The van der Waals surface area contributed by atoms with Crippen LogP contribution in [-0.2, 0) is 4.79 Å². The van der Waals surface area contributed by atoms with Crippen molar-refractivity contribution in [2.45, 2.75) is 0 Å². The van der Waals surface area contributed by atoms with E-state index in [9.17, 15) is 24.1 Å². The number of carbonyl (C=O) groups excluding carboxylic acids is 1. The van der Waals surface area contributed by atoms with Crippen molar-refractivity contribution in [1.29, 1.82) is 0 Å². The van der Waals surface area contributed by atoms with E-state index < -0.39 is 28.4 Å². The molecule has 1 aromatic rings. The number of carboxylic acid groups (broad SMARTS) is 1. The summed E-state index contributed by atoms with van der Waals surface area (Å²) in [6.45, 7) is -0.180. The molecule has 1 aliphatic heterocycles. The Balaban J connectivity index is 2.25. The lowest BCUT2D eigenvalue weighted by Gasteiger charge is -2.32. The van der Waals surface area contributed by atoms with Crippen molar-refractivity contribution in [2.24, 2.45) is 0 Å². The van der Waals surface area contributed by atoms with Crippen molar-refractivity contribution in [2.75, 3.05) is 24.5 Å². The van der Waals surface area contributed by atoms with Crippen LogP contribution in [0.15, 0.2) is 18.2 Å². The van der Waals surface area contributed by atoms with E-state index in [1.54, 1.807) is 0 Å². The average molecular weight is 283 g/mol. The summed E-state index contributed by atoms with van der Waals surface area (Å²) in [5, 5.41) is 19.4. The molecule has 1 aromatic carbocycles. The van der Waals surface area contributed by atoms with Gasteiger partial charge in [-0.1, -0.05) is 0 Å². The van der Waals surface area contributed by atoms with E-state index in [4.69, 9.17) is 5.11 Å². The fourth-order valence-corrected chi connectivity index (χ4v) is 1.92. The number of benzene rings is 1. The molecule has 2 rings (SSSR count). The standard InChI is InChI=1S/C11H10FN3O5/c12-8-2-1-7(5-9(8)15(19)20)14-4-3-13(11(17)18)6-10(14)16/h1-2,5H,3-4,6H2,(H,17,18).